The SMILES string of the molecule is Cc1cc2c(cc1C)C(C)(C)CC(=O)N2. The van der Waals surface area contributed by atoms with Crippen LogP contribution in [0.1, 0.15) is 37.0 Å². The van der Waals surface area contributed by atoms with E-state index in [2.05, 4.69) is 45.1 Å². The van der Waals surface area contributed by atoms with E-state index in [0.717, 1.165) is 5.69 Å². The summed E-state index contributed by atoms with van der Waals surface area (Å²) in [4.78, 5) is 11.5. The summed E-state index contributed by atoms with van der Waals surface area (Å²) in [5.74, 6) is 0.121. The standard InChI is InChI=1S/C13H17NO/c1-8-5-10-11(6-9(8)2)14-12(15)7-13(10,3)4/h5-6H,7H2,1-4H3,(H,14,15). The molecule has 2 heteroatoms. The summed E-state index contributed by atoms with van der Waals surface area (Å²) in [6.45, 7) is 8.43. The first-order chi connectivity index (χ1) is 6.90. The molecule has 1 aromatic carbocycles. The Hall–Kier alpha value is -1.31. The van der Waals surface area contributed by atoms with Gasteiger partial charge in [-0.25, -0.2) is 0 Å². The van der Waals surface area contributed by atoms with Crippen LogP contribution in [0.2, 0.25) is 0 Å². The molecule has 15 heavy (non-hydrogen) atoms. The van der Waals surface area contributed by atoms with E-state index >= 15 is 0 Å². The largest absolute Gasteiger partial charge is 0.326 e. The van der Waals surface area contributed by atoms with Crippen molar-refractivity contribution >= 4 is 11.6 Å². The van der Waals surface area contributed by atoms with Crippen molar-refractivity contribution in [2.24, 2.45) is 0 Å². The number of hydrogen-bond donors (Lipinski definition) is 1. The van der Waals surface area contributed by atoms with Crippen molar-refractivity contribution in [2.75, 3.05) is 5.32 Å². The number of amides is 1. The highest BCUT2D eigenvalue weighted by molar-refractivity contribution is 5.95. The second-order valence-corrected chi connectivity index (χ2v) is 5.09. The maximum Gasteiger partial charge on any atom is 0.225 e. The Morgan fingerprint density at radius 3 is 2.47 bits per heavy atom. The third-order valence-corrected chi connectivity index (χ3v) is 3.24. The van der Waals surface area contributed by atoms with Crippen LogP contribution in [0, 0.1) is 13.8 Å². The van der Waals surface area contributed by atoms with Crippen LogP contribution in [0.4, 0.5) is 5.69 Å². The minimum atomic E-state index is -0.0455. The Morgan fingerprint density at radius 1 is 1.20 bits per heavy atom. The number of fused-ring (bicyclic) bond motifs is 1. The molecule has 1 N–H and O–H groups in total. The van der Waals surface area contributed by atoms with Gasteiger partial charge in [-0.3, -0.25) is 4.79 Å². The van der Waals surface area contributed by atoms with Crippen LogP contribution in [-0.4, -0.2) is 5.91 Å². The van der Waals surface area contributed by atoms with Crippen LogP contribution in [0.15, 0.2) is 12.1 Å². The molecule has 0 aliphatic carbocycles. The van der Waals surface area contributed by atoms with E-state index < -0.39 is 0 Å². The zero-order valence-electron chi connectivity index (χ0n) is 9.77. The molecule has 0 saturated heterocycles. The predicted molar refractivity (Wildman–Crippen MR) is 62.2 cm³/mol. The average molecular weight is 203 g/mol. The van der Waals surface area contributed by atoms with Gasteiger partial charge in [0, 0.05) is 17.5 Å². The van der Waals surface area contributed by atoms with Gasteiger partial charge in [0.2, 0.25) is 5.91 Å². The Bertz CT molecular complexity index is 432. The summed E-state index contributed by atoms with van der Waals surface area (Å²) in [5, 5.41) is 2.94. The molecule has 1 aromatic rings. The van der Waals surface area contributed by atoms with Crippen LogP contribution in [0.5, 0.6) is 0 Å². The van der Waals surface area contributed by atoms with Crippen molar-refractivity contribution in [1.29, 1.82) is 0 Å². The molecule has 0 saturated carbocycles. The zero-order valence-corrected chi connectivity index (χ0v) is 9.77. The summed E-state index contributed by atoms with van der Waals surface area (Å²) in [6, 6.07) is 4.27. The topological polar surface area (TPSA) is 29.1 Å². The maximum absolute atomic E-state index is 11.5. The molecule has 1 amide bonds. The summed E-state index contributed by atoms with van der Waals surface area (Å²) >= 11 is 0. The number of rotatable bonds is 0. The Labute approximate surface area is 90.7 Å². The Morgan fingerprint density at radius 2 is 1.80 bits per heavy atom. The average Bonchev–Trinajstić information content (AvgIpc) is 2.07. The van der Waals surface area contributed by atoms with Gasteiger partial charge in [0.05, 0.1) is 0 Å². The lowest BCUT2D eigenvalue weighted by Gasteiger charge is -2.32. The summed E-state index contributed by atoms with van der Waals surface area (Å²) in [5.41, 5.74) is 4.71. The molecule has 2 nitrogen and oxygen atoms in total. The minimum absolute atomic E-state index is 0.0455. The maximum atomic E-state index is 11.5. The fourth-order valence-corrected chi connectivity index (χ4v) is 2.17. The molecule has 0 spiro atoms. The monoisotopic (exact) mass is 203 g/mol. The number of carbonyl (C=O) groups is 1. The molecule has 0 fully saturated rings. The van der Waals surface area contributed by atoms with Crippen molar-refractivity contribution in [3.63, 3.8) is 0 Å². The summed E-state index contributed by atoms with van der Waals surface area (Å²) in [6.07, 6.45) is 0.572. The molecule has 1 aliphatic heterocycles. The lowest BCUT2D eigenvalue weighted by atomic mass is 9.77. The predicted octanol–water partition coefficient (Wildman–Crippen LogP) is 2.92. The van der Waals surface area contributed by atoms with Gasteiger partial charge in [-0.15, -0.1) is 0 Å². The van der Waals surface area contributed by atoms with Crippen LogP contribution in [-0.2, 0) is 10.2 Å². The first kappa shape index (κ1) is 10.2. The minimum Gasteiger partial charge on any atom is -0.326 e. The van der Waals surface area contributed by atoms with E-state index in [9.17, 15) is 4.79 Å². The molecule has 80 valence electrons. The number of aryl methyl sites for hydroxylation is 2. The van der Waals surface area contributed by atoms with E-state index in [1.807, 2.05) is 0 Å². The highest BCUT2D eigenvalue weighted by Gasteiger charge is 2.31. The molecule has 0 unspecified atom stereocenters. The fourth-order valence-electron chi connectivity index (χ4n) is 2.17. The smallest absolute Gasteiger partial charge is 0.225 e. The first-order valence-electron chi connectivity index (χ1n) is 5.32. The number of benzene rings is 1. The van der Waals surface area contributed by atoms with Gasteiger partial charge >= 0.3 is 0 Å². The van der Waals surface area contributed by atoms with E-state index in [4.69, 9.17) is 0 Å². The van der Waals surface area contributed by atoms with Gasteiger partial charge in [0.1, 0.15) is 0 Å². The molecule has 1 heterocycles. The quantitative estimate of drug-likeness (QED) is 0.690. The highest BCUT2D eigenvalue weighted by atomic mass is 16.1. The van der Waals surface area contributed by atoms with Crippen molar-refractivity contribution in [3.05, 3.63) is 28.8 Å². The van der Waals surface area contributed by atoms with Crippen LogP contribution < -0.4 is 5.32 Å². The third kappa shape index (κ3) is 1.65. The Balaban J connectivity index is 2.62. The van der Waals surface area contributed by atoms with Gasteiger partial charge in [-0.1, -0.05) is 19.9 Å². The molecule has 0 radical (unpaired) electrons. The number of carbonyl (C=O) groups excluding carboxylic acids is 1. The van der Waals surface area contributed by atoms with Crippen molar-refractivity contribution in [3.8, 4) is 0 Å². The molecule has 2 rings (SSSR count). The fraction of sp³-hybridized carbons (Fsp3) is 0.462. The third-order valence-electron chi connectivity index (χ3n) is 3.24. The number of hydrogen-bond acceptors (Lipinski definition) is 1. The number of anilines is 1. The van der Waals surface area contributed by atoms with E-state index in [0.29, 0.717) is 6.42 Å². The molecule has 0 atom stereocenters. The highest BCUT2D eigenvalue weighted by Crippen LogP contribution is 2.38. The summed E-state index contributed by atoms with van der Waals surface area (Å²) in [7, 11) is 0. The van der Waals surface area contributed by atoms with E-state index in [1.54, 1.807) is 0 Å². The molecular weight excluding hydrogens is 186 g/mol. The molecule has 0 aromatic heterocycles. The Kier molecular flexibility index (Phi) is 2.10. The number of nitrogens with one attached hydrogen (secondary N) is 1. The first-order valence-corrected chi connectivity index (χ1v) is 5.32. The summed E-state index contributed by atoms with van der Waals surface area (Å²) < 4.78 is 0. The lowest BCUT2D eigenvalue weighted by molar-refractivity contribution is -0.117. The van der Waals surface area contributed by atoms with Crippen molar-refractivity contribution in [2.45, 2.75) is 39.5 Å². The van der Waals surface area contributed by atoms with Crippen LogP contribution >= 0.6 is 0 Å². The second kappa shape index (κ2) is 3.09. The second-order valence-electron chi connectivity index (χ2n) is 5.09. The van der Waals surface area contributed by atoms with Gasteiger partial charge in [0.25, 0.3) is 0 Å². The van der Waals surface area contributed by atoms with E-state index in [-0.39, 0.29) is 11.3 Å². The molecule has 1 aliphatic rings. The van der Waals surface area contributed by atoms with Gasteiger partial charge in [0.15, 0.2) is 0 Å². The lowest BCUT2D eigenvalue weighted by Crippen LogP contribution is -2.32. The van der Waals surface area contributed by atoms with Gasteiger partial charge in [-0.2, -0.15) is 0 Å². The normalized spacial score (nSPS) is 18.3. The van der Waals surface area contributed by atoms with E-state index in [1.165, 1.54) is 16.7 Å². The zero-order chi connectivity index (χ0) is 11.2. The molecular formula is C13H17NO. The van der Waals surface area contributed by atoms with Crippen molar-refractivity contribution < 1.29 is 4.79 Å². The van der Waals surface area contributed by atoms with Crippen LogP contribution in [0.25, 0.3) is 0 Å². The van der Waals surface area contributed by atoms with Crippen LogP contribution in [0.3, 0.4) is 0 Å². The molecule has 0 bridgehead atoms. The van der Waals surface area contributed by atoms with Crippen molar-refractivity contribution in [1.82, 2.24) is 0 Å². The van der Waals surface area contributed by atoms with Gasteiger partial charge < -0.3 is 5.32 Å². The van der Waals surface area contributed by atoms with Gasteiger partial charge in [-0.05, 0) is 36.6 Å².